The van der Waals surface area contributed by atoms with E-state index in [4.69, 9.17) is 11.6 Å². The summed E-state index contributed by atoms with van der Waals surface area (Å²) in [6, 6.07) is 8.64. The van der Waals surface area contributed by atoms with E-state index in [1.165, 1.54) is 10.4 Å². The van der Waals surface area contributed by atoms with Crippen molar-refractivity contribution in [3.05, 3.63) is 45.2 Å². The first-order valence-corrected chi connectivity index (χ1v) is 7.47. The van der Waals surface area contributed by atoms with Gasteiger partial charge in [-0.25, -0.2) is 0 Å². The van der Waals surface area contributed by atoms with Gasteiger partial charge in [0.15, 0.2) is 0 Å². The van der Waals surface area contributed by atoms with Crippen molar-refractivity contribution in [2.45, 2.75) is 18.9 Å². The summed E-state index contributed by atoms with van der Waals surface area (Å²) < 4.78 is 0.887. The summed E-state index contributed by atoms with van der Waals surface area (Å²) in [5, 5.41) is 11.9. The molecule has 0 amide bonds. The quantitative estimate of drug-likeness (QED) is 0.735. The van der Waals surface area contributed by atoms with Gasteiger partial charge in [0.25, 0.3) is 0 Å². The van der Waals surface area contributed by atoms with Crippen LogP contribution in [0.1, 0.15) is 22.9 Å². The van der Waals surface area contributed by atoms with E-state index in [1.54, 1.807) is 11.3 Å². The van der Waals surface area contributed by atoms with Crippen LogP contribution in [0, 0.1) is 0 Å². The molecule has 2 aromatic heterocycles. The molecule has 1 aliphatic rings. The molecule has 4 rings (SSSR count). The van der Waals surface area contributed by atoms with E-state index in [0.717, 1.165) is 33.8 Å². The van der Waals surface area contributed by atoms with Crippen molar-refractivity contribution < 1.29 is 0 Å². The Bertz CT molecular complexity index is 746. The highest BCUT2D eigenvalue weighted by Crippen LogP contribution is 2.41. The molecule has 19 heavy (non-hydrogen) atoms. The number of aromatic nitrogens is 2. The van der Waals surface area contributed by atoms with Gasteiger partial charge in [0.1, 0.15) is 0 Å². The molecule has 0 fully saturated rings. The van der Waals surface area contributed by atoms with E-state index >= 15 is 0 Å². The highest BCUT2D eigenvalue weighted by molar-refractivity contribution is 7.16. The summed E-state index contributed by atoms with van der Waals surface area (Å²) in [7, 11) is 0. The van der Waals surface area contributed by atoms with Crippen LogP contribution in [0.3, 0.4) is 0 Å². The summed E-state index contributed by atoms with van der Waals surface area (Å²) >= 11 is 7.80. The summed E-state index contributed by atoms with van der Waals surface area (Å²) in [4.78, 5) is 1.42. The van der Waals surface area contributed by atoms with Gasteiger partial charge < -0.3 is 5.32 Å². The lowest BCUT2D eigenvalue weighted by Gasteiger charge is -2.15. The first-order valence-electron chi connectivity index (χ1n) is 6.28. The normalized spacial score (nSPS) is 17.8. The molecule has 0 aliphatic heterocycles. The minimum absolute atomic E-state index is 0.360. The van der Waals surface area contributed by atoms with E-state index in [1.807, 2.05) is 18.3 Å². The first-order chi connectivity index (χ1) is 9.31. The van der Waals surface area contributed by atoms with Gasteiger partial charge in [0, 0.05) is 16.0 Å². The van der Waals surface area contributed by atoms with E-state index in [-0.39, 0.29) is 0 Å². The van der Waals surface area contributed by atoms with Crippen LogP contribution in [0.15, 0.2) is 30.5 Å². The van der Waals surface area contributed by atoms with Crippen molar-refractivity contribution in [3.63, 3.8) is 0 Å². The number of anilines is 1. The zero-order valence-electron chi connectivity index (χ0n) is 10.1. The highest BCUT2D eigenvalue weighted by atomic mass is 35.5. The van der Waals surface area contributed by atoms with Crippen LogP contribution in [0.4, 0.5) is 5.69 Å². The smallest absolute Gasteiger partial charge is 0.0934 e. The van der Waals surface area contributed by atoms with Crippen LogP contribution < -0.4 is 5.32 Å². The second-order valence-corrected chi connectivity index (χ2v) is 6.57. The van der Waals surface area contributed by atoms with Gasteiger partial charge in [-0.1, -0.05) is 17.7 Å². The molecule has 5 heteroatoms. The number of hydrogen-bond acceptors (Lipinski definition) is 3. The number of halogens is 1. The molecule has 2 N–H and O–H groups in total. The van der Waals surface area contributed by atoms with Gasteiger partial charge in [-0.3, -0.25) is 5.10 Å². The Morgan fingerprint density at radius 2 is 2.37 bits per heavy atom. The number of hydrogen-bond donors (Lipinski definition) is 2. The average molecular weight is 290 g/mol. The summed E-state index contributed by atoms with van der Waals surface area (Å²) in [5.41, 5.74) is 3.55. The molecular formula is C14H12ClN3S. The Kier molecular flexibility index (Phi) is 2.53. The molecule has 1 unspecified atom stereocenters. The first kappa shape index (κ1) is 11.3. The van der Waals surface area contributed by atoms with E-state index in [2.05, 4.69) is 27.6 Å². The molecule has 3 aromatic rings. The molecule has 0 saturated heterocycles. The molecule has 1 aromatic carbocycles. The fraction of sp³-hybridized carbons (Fsp3) is 0.214. The SMILES string of the molecule is Clc1cc2c(s1)CCC2Nc1cccc2[nH]ncc12. The third-order valence-corrected chi connectivity index (χ3v) is 5.00. The standard InChI is InChI=1S/C14H12ClN3S/c15-14-6-8-11(4-5-13(8)19-14)17-10-2-1-3-12-9(10)7-16-18-12/h1-3,6-7,11,17H,4-5H2,(H,16,18). The molecule has 3 nitrogen and oxygen atoms in total. The molecule has 2 heterocycles. The fourth-order valence-corrected chi connectivity index (χ4v) is 4.12. The highest BCUT2D eigenvalue weighted by Gasteiger charge is 2.25. The maximum atomic E-state index is 6.10. The molecule has 0 radical (unpaired) electrons. The molecule has 1 atom stereocenters. The van der Waals surface area contributed by atoms with Crippen molar-refractivity contribution >= 4 is 39.5 Å². The summed E-state index contributed by atoms with van der Waals surface area (Å²) in [6.45, 7) is 0. The average Bonchev–Trinajstić information content (AvgIpc) is 3.06. The van der Waals surface area contributed by atoms with Crippen molar-refractivity contribution in [2.75, 3.05) is 5.32 Å². The number of fused-ring (bicyclic) bond motifs is 2. The predicted octanol–water partition coefficient (Wildman–Crippen LogP) is 4.38. The van der Waals surface area contributed by atoms with Gasteiger partial charge >= 0.3 is 0 Å². The molecule has 0 spiro atoms. The third-order valence-electron chi connectivity index (χ3n) is 3.66. The topological polar surface area (TPSA) is 40.7 Å². The molecule has 0 bridgehead atoms. The Balaban J connectivity index is 1.71. The van der Waals surface area contributed by atoms with Crippen molar-refractivity contribution in [1.29, 1.82) is 0 Å². The maximum absolute atomic E-state index is 6.10. The number of nitrogens with zero attached hydrogens (tertiary/aromatic N) is 1. The Morgan fingerprint density at radius 1 is 1.42 bits per heavy atom. The monoisotopic (exact) mass is 289 g/mol. The lowest BCUT2D eigenvalue weighted by atomic mass is 10.1. The van der Waals surface area contributed by atoms with Gasteiger partial charge in [-0.2, -0.15) is 5.10 Å². The second-order valence-electron chi connectivity index (χ2n) is 4.80. The van der Waals surface area contributed by atoms with Crippen LogP contribution in [0.5, 0.6) is 0 Å². The fourth-order valence-electron chi connectivity index (χ4n) is 2.76. The lowest BCUT2D eigenvalue weighted by molar-refractivity contribution is 0.763. The molecule has 0 saturated carbocycles. The third kappa shape index (κ3) is 1.83. The minimum Gasteiger partial charge on any atom is -0.378 e. The second kappa shape index (κ2) is 4.25. The van der Waals surface area contributed by atoms with Gasteiger partial charge in [0.2, 0.25) is 0 Å². The molecule has 1 aliphatic carbocycles. The van der Waals surface area contributed by atoms with Gasteiger partial charge in [0.05, 0.1) is 22.1 Å². The van der Waals surface area contributed by atoms with Gasteiger partial charge in [-0.15, -0.1) is 11.3 Å². The van der Waals surface area contributed by atoms with Crippen molar-refractivity contribution in [1.82, 2.24) is 10.2 Å². The minimum atomic E-state index is 0.360. The van der Waals surface area contributed by atoms with Crippen LogP contribution in [-0.2, 0) is 6.42 Å². The largest absolute Gasteiger partial charge is 0.378 e. The number of aryl methyl sites for hydroxylation is 1. The number of rotatable bonds is 2. The number of nitrogens with one attached hydrogen (secondary N) is 2. The van der Waals surface area contributed by atoms with Crippen LogP contribution >= 0.6 is 22.9 Å². The predicted molar refractivity (Wildman–Crippen MR) is 80.1 cm³/mol. The molecular weight excluding hydrogens is 278 g/mol. The van der Waals surface area contributed by atoms with Crippen LogP contribution in [-0.4, -0.2) is 10.2 Å². The summed E-state index contributed by atoms with van der Waals surface area (Å²) in [5.74, 6) is 0. The number of thiophene rings is 1. The maximum Gasteiger partial charge on any atom is 0.0934 e. The zero-order valence-corrected chi connectivity index (χ0v) is 11.7. The van der Waals surface area contributed by atoms with E-state index in [0.29, 0.717) is 6.04 Å². The number of H-pyrrole nitrogens is 1. The van der Waals surface area contributed by atoms with E-state index in [9.17, 15) is 0 Å². The Hall–Kier alpha value is -1.52. The lowest BCUT2D eigenvalue weighted by Crippen LogP contribution is -2.06. The number of benzene rings is 1. The van der Waals surface area contributed by atoms with Crippen LogP contribution in [0.2, 0.25) is 4.34 Å². The van der Waals surface area contributed by atoms with E-state index < -0.39 is 0 Å². The zero-order chi connectivity index (χ0) is 12.8. The number of aromatic amines is 1. The Morgan fingerprint density at radius 3 is 3.32 bits per heavy atom. The van der Waals surface area contributed by atoms with Crippen molar-refractivity contribution in [2.24, 2.45) is 0 Å². The summed E-state index contributed by atoms with van der Waals surface area (Å²) in [6.07, 6.45) is 4.12. The van der Waals surface area contributed by atoms with Crippen LogP contribution in [0.25, 0.3) is 10.9 Å². The van der Waals surface area contributed by atoms with Crippen molar-refractivity contribution in [3.8, 4) is 0 Å². The molecule has 96 valence electrons. The van der Waals surface area contributed by atoms with Gasteiger partial charge in [-0.05, 0) is 36.6 Å². The Labute approximate surface area is 119 Å².